The Balaban J connectivity index is 1.40. The van der Waals surface area contributed by atoms with Gasteiger partial charge in [0.15, 0.2) is 0 Å². The van der Waals surface area contributed by atoms with E-state index in [0.29, 0.717) is 37.7 Å². The van der Waals surface area contributed by atoms with Crippen LogP contribution in [0.15, 0.2) is 47.4 Å². The number of amides is 1. The van der Waals surface area contributed by atoms with Crippen LogP contribution in [0, 0.1) is 12.8 Å². The van der Waals surface area contributed by atoms with Gasteiger partial charge in [-0.2, -0.15) is 4.31 Å². The van der Waals surface area contributed by atoms with Crippen molar-refractivity contribution in [3.05, 3.63) is 53.6 Å². The Morgan fingerprint density at radius 1 is 1.09 bits per heavy atom. The Hall–Kier alpha value is -2.46. The number of ether oxygens (including phenoxy) is 2. The second-order valence-corrected chi connectivity index (χ2v) is 10.8. The molecule has 0 unspecified atom stereocenters. The monoisotopic (exact) mass is 487 g/mol. The number of anilines is 1. The van der Waals surface area contributed by atoms with Crippen LogP contribution in [0.4, 0.5) is 5.69 Å². The van der Waals surface area contributed by atoms with Crippen molar-refractivity contribution in [3.8, 4) is 5.75 Å². The van der Waals surface area contributed by atoms with Crippen molar-refractivity contribution in [1.82, 2.24) is 9.21 Å². The molecule has 2 heterocycles. The summed E-state index contributed by atoms with van der Waals surface area (Å²) in [5.41, 5.74) is 2.91. The number of carbonyl (C=O) groups is 1. The van der Waals surface area contributed by atoms with Crippen LogP contribution in [-0.4, -0.2) is 70.0 Å². The molecule has 2 fully saturated rings. The molecule has 0 atom stereocenters. The number of hydrogen-bond donors (Lipinski definition) is 1. The van der Waals surface area contributed by atoms with Gasteiger partial charge in [-0.3, -0.25) is 9.69 Å². The maximum Gasteiger partial charge on any atom is 0.243 e. The number of hydrogen-bond acceptors (Lipinski definition) is 6. The van der Waals surface area contributed by atoms with Gasteiger partial charge in [0.05, 0.1) is 30.9 Å². The van der Waals surface area contributed by atoms with Gasteiger partial charge in [-0.25, -0.2) is 8.42 Å². The molecule has 0 bridgehead atoms. The van der Waals surface area contributed by atoms with Gasteiger partial charge in [0.1, 0.15) is 5.75 Å². The Kier molecular flexibility index (Phi) is 7.88. The molecule has 2 aliphatic rings. The number of sulfonamides is 1. The van der Waals surface area contributed by atoms with Crippen LogP contribution in [0.3, 0.4) is 0 Å². The number of benzene rings is 2. The molecule has 8 nitrogen and oxygen atoms in total. The summed E-state index contributed by atoms with van der Waals surface area (Å²) >= 11 is 0. The van der Waals surface area contributed by atoms with Gasteiger partial charge in [0.25, 0.3) is 0 Å². The number of nitrogens with zero attached hydrogens (tertiary/aromatic N) is 2. The van der Waals surface area contributed by atoms with E-state index in [1.807, 2.05) is 0 Å². The van der Waals surface area contributed by atoms with Crippen molar-refractivity contribution in [2.75, 3.05) is 51.8 Å². The van der Waals surface area contributed by atoms with E-state index >= 15 is 0 Å². The van der Waals surface area contributed by atoms with E-state index in [9.17, 15) is 13.2 Å². The third kappa shape index (κ3) is 5.78. The summed E-state index contributed by atoms with van der Waals surface area (Å²) in [5, 5.41) is 2.93. The molecule has 1 N–H and O–H groups in total. The number of nitrogens with one attached hydrogen (secondary N) is 1. The van der Waals surface area contributed by atoms with E-state index < -0.39 is 10.0 Å². The SMILES string of the molecule is COc1ccc(S(=O)(=O)N2CCOCC2)cc1NC(=O)C1CCN(Cc2cccc(C)c2)CC1. The Bertz CT molecular complexity index is 1110. The first-order chi connectivity index (χ1) is 16.4. The predicted molar refractivity (Wildman–Crippen MR) is 130 cm³/mol. The van der Waals surface area contributed by atoms with Crippen molar-refractivity contribution < 1.29 is 22.7 Å². The Labute approximate surface area is 201 Å². The van der Waals surface area contributed by atoms with Gasteiger partial charge in [-0.1, -0.05) is 29.8 Å². The Morgan fingerprint density at radius 3 is 2.50 bits per heavy atom. The number of aryl methyl sites for hydroxylation is 1. The first-order valence-electron chi connectivity index (χ1n) is 11.7. The second kappa shape index (κ2) is 10.9. The highest BCUT2D eigenvalue weighted by molar-refractivity contribution is 7.89. The lowest BCUT2D eigenvalue weighted by Crippen LogP contribution is -2.40. The molecule has 2 aromatic rings. The molecule has 9 heteroatoms. The number of methoxy groups -OCH3 is 1. The van der Waals surface area contributed by atoms with Crippen molar-refractivity contribution in [3.63, 3.8) is 0 Å². The van der Waals surface area contributed by atoms with Crippen LogP contribution in [-0.2, 0) is 26.1 Å². The Morgan fingerprint density at radius 2 is 1.82 bits per heavy atom. The number of rotatable bonds is 7. The standard InChI is InChI=1S/C25H33N3O5S/c1-19-4-3-5-20(16-19)18-27-10-8-21(9-11-27)25(29)26-23-17-22(6-7-24(23)32-2)34(30,31)28-12-14-33-15-13-28/h3-7,16-17,21H,8-15,18H2,1-2H3,(H,26,29). The molecule has 1 amide bonds. The zero-order valence-electron chi connectivity index (χ0n) is 19.8. The fraction of sp³-hybridized carbons (Fsp3) is 0.480. The van der Waals surface area contributed by atoms with Crippen LogP contribution in [0.25, 0.3) is 0 Å². The van der Waals surface area contributed by atoms with E-state index in [1.54, 1.807) is 6.07 Å². The quantitative estimate of drug-likeness (QED) is 0.646. The van der Waals surface area contributed by atoms with Crippen LogP contribution >= 0.6 is 0 Å². The van der Waals surface area contributed by atoms with Gasteiger partial charge in [-0.05, 0) is 56.6 Å². The van der Waals surface area contributed by atoms with Crippen LogP contribution in [0.2, 0.25) is 0 Å². The summed E-state index contributed by atoms with van der Waals surface area (Å²) in [7, 11) is -2.17. The molecule has 184 valence electrons. The number of carbonyl (C=O) groups excluding carboxylic acids is 1. The topological polar surface area (TPSA) is 88.2 Å². The average molecular weight is 488 g/mol. The first-order valence-corrected chi connectivity index (χ1v) is 13.2. The lowest BCUT2D eigenvalue weighted by Gasteiger charge is -2.31. The minimum atomic E-state index is -3.67. The molecular formula is C25H33N3O5S. The molecule has 4 rings (SSSR count). The second-order valence-electron chi connectivity index (χ2n) is 8.91. The first kappa shape index (κ1) is 24.7. The van der Waals surface area contributed by atoms with E-state index in [4.69, 9.17) is 9.47 Å². The number of likely N-dealkylation sites (tertiary alicyclic amines) is 1. The van der Waals surface area contributed by atoms with E-state index in [0.717, 1.165) is 32.5 Å². The number of piperidine rings is 1. The summed E-state index contributed by atoms with van der Waals surface area (Å²) in [6, 6.07) is 13.1. The van der Waals surface area contributed by atoms with E-state index in [1.165, 1.54) is 34.7 Å². The zero-order valence-corrected chi connectivity index (χ0v) is 20.6. The summed E-state index contributed by atoms with van der Waals surface area (Å²) < 4.78 is 38.2. The molecule has 0 spiro atoms. The largest absolute Gasteiger partial charge is 0.495 e. The fourth-order valence-corrected chi connectivity index (χ4v) is 5.97. The van der Waals surface area contributed by atoms with Gasteiger partial charge < -0.3 is 14.8 Å². The average Bonchev–Trinajstić information content (AvgIpc) is 2.85. The number of morpholine rings is 1. The minimum absolute atomic E-state index is 0.102. The summed E-state index contributed by atoms with van der Waals surface area (Å²) in [6.45, 7) is 6.04. The third-order valence-electron chi connectivity index (χ3n) is 6.48. The summed E-state index contributed by atoms with van der Waals surface area (Å²) in [6.07, 6.45) is 1.51. The molecule has 0 saturated carbocycles. The molecule has 34 heavy (non-hydrogen) atoms. The van der Waals surface area contributed by atoms with Crippen LogP contribution in [0.5, 0.6) is 5.75 Å². The molecule has 2 aromatic carbocycles. The van der Waals surface area contributed by atoms with Crippen LogP contribution in [0.1, 0.15) is 24.0 Å². The van der Waals surface area contributed by atoms with Gasteiger partial charge >= 0.3 is 0 Å². The van der Waals surface area contributed by atoms with Gasteiger partial charge in [0.2, 0.25) is 15.9 Å². The predicted octanol–water partition coefficient (Wildman–Crippen LogP) is 2.88. The molecule has 2 saturated heterocycles. The molecule has 0 radical (unpaired) electrons. The highest BCUT2D eigenvalue weighted by Gasteiger charge is 2.29. The molecular weight excluding hydrogens is 454 g/mol. The minimum Gasteiger partial charge on any atom is -0.495 e. The van der Waals surface area contributed by atoms with Crippen LogP contribution < -0.4 is 10.1 Å². The maximum atomic E-state index is 13.0. The van der Waals surface area contributed by atoms with E-state index in [-0.39, 0.29) is 16.7 Å². The molecule has 0 aliphatic carbocycles. The highest BCUT2D eigenvalue weighted by Crippen LogP contribution is 2.30. The lowest BCUT2D eigenvalue weighted by molar-refractivity contribution is -0.121. The third-order valence-corrected chi connectivity index (χ3v) is 8.38. The van der Waals surface area contributed by atoms with E-state index in [2.05, 4.69) is 41.4 Å². The van der Waals surface area contributed by atoms with Gasteiger partial charge in [0, 0.05) is 25.6 Å². The highest BCUT2D eigenvalue weighted by atomic mass is 32.2. The maximum absolute atomic E-state index is 13.0. The zero-order chi connectivity index (χ0) is 24.1. The van der Waals surface area contributed by atoms with Crippen molar-refractivity contribution >= 4 is 21.6 Å². The lowest BCUT2D eigenvalue weighted by atomic mass is 9.95. The molecule has 0 aromatic heterocycles. The smallest absolute Gasteiger partial charge is 0.243 e. The summed E-state index contributed by atoms with van der Waals surface area (Å²) in [5.74, 6) is 0.207. The van der Waals surface area contributed by atoms with Crippen molar-refractivity contribution in [1.29, 1.82) is 0 Å². The van der Waals surface area contributed by atoms with Gasteiger partial charge in [-0.15, -0.1) is 0 Å². The molecule has 2 aliphatic heterocycles. The van der Waals surface area contributed by atoms with Crippen molar-refractivity contribution in [2.24, 2.45) is 5.92 Å². The van der Waals surface area contributed by atoms with Crippen molar-refractivity contribution in [2.45, 2.75) is 31.2 Å². The fourth-order valence-electron chi connectivity index (χ4n) is 4.54. The summed E-state index contributed by atoms with van der Waals surface area (Å²) in [4.78, 5) is 15.6. The normalized spacial score (nSPS) is 18.5.